The van der Waals surface area contributed by atoms with E-state index in [1.807, 2.05) is 0 Å². The first-order valence-corrected chi connectivity index (χ1v) is 4.75. The van der Waals surface area contributed by atoms with Crippen molar-refractivity contribution in [3.8, 4) is 5.75 Å². The van der Waals surface area contributed by atoms with E-state index in [1.54, 1.807) is 0 Å². The van der Waals surface area contributed by atoms with Gasteiger partial charge in [0.05, 0.1) is 25.0 Å². The van der Waals surface area contributed by atoms with Crippen molar-refractivity contribution in [1.29, 1.82) is 0 Å². The van der Waals surface area contributed by atoms with Crippen molar-refractivity contribution in [2.75, 3.05) is 31.3 Å². The molecule has 0 atom stereocenters. The summed E-state index contributed by atoms with van der Waals surface area (Å²) in [5.41, 5.74) is 5.34. The third kappa shape index (κ3) is 3.42. The van der Waals surface area contributed by atoms with Gasteiger partial charge in [0.2, 0.25) is 0 Å². The van der Waals surface area contributed by atoms with Crippen LogP contribution in [0.2, 0.25) is 0 Å². The maximum Gasteiger partial charge on any atom is 0.287 e. The van der Waals surface area contributed by atoms with Gasteiger partial charge in [-0.2, -0.15) is 0 Å². The molecule has 0 fully saturated rings. The van der Waals surface area contributed by atoms with Crippen LogP contribution in [0.3, 0.4) is 0 Å². The molecule has 96 valence electrons. The summed E-state index contributed by atoms with van der Waals surface area (Å²) >= 11 is 0. The van der Waals surface area contributed by atoms with Gasteiger partial charge < -0.3 is 20.9 Å². The lowest BCUT2D eigenvalue weighted by Crippen LogP contribution is -2.31. The summed E-state index contributed by atoms with van der Waals surface area (Å²) in [6.07, 6.45) is 0. The zero-order valence-electron chi connectivity index (χ0n) is 9.14. The molecule has 0 spiro atoms. The van der Waals surface area contributed by atoms with Crippen molar-refractivity contribution in [2.24, 2.45) is 0 Å². The highest BCUT2D eigenvalue weighted by atomic mass is 19.3. The van der Waals surface area contributed by atoms with E-state index in [1.165, 1.54) is 13.2 Å². The van der Waals surface area contributed by atoms with Crippen molar-refractivity contribution in [3.05, 3.63) is 17.9 Å². The summed E-state index contributed by atoms with van der Waals surface area (Å²) in [6, 6.07) is 2.15. The van der Waals surface area contributed by atoms with Crippen LogP contribution in [0.15, 0.2) is 12.1 Å². The average Bonchev–Trinajstić information content (AvgIpc) is 2.28. The Hall–Kier alpha value is -1.63. The highest BCUT2D eigenvalue weighted by Crippen LogP contribution is 2.28. The molecule has 0 aromatic heterocycles. The molecule has 0 heterocycles. The maximum absolute atomic E-state index is 13.3. The fourth-order valence-electron chi connectivity index (χ4n) is 1.16. The van der Waals surface area contributed by atoms with Crippen LogP contribution in [0, 0.1) is 5.82 Å². The average molecular weight is 250 g/mol. The second kappa shape index (κ2) is 5.13. The number of hydrogen-bond donors (Lipinski definition) is 3. The Morgan fingerprint density at radius 2 is 2.12 bits per heavy atom. The minimum Gasteiger partial charge on any atom is -0.495 e. The summed E-state index contributed by atoms with van der Waals surface area (Å²) in [7, 11) is 1.33. The SMILES string of the molecule is COc1cc(NCC(F)(F)CO)c(F)cc1N. The number of ether oxygens (including phenoxy) is 1. The second-order valence-corrected chi connectivity index (χ2v) is 3.44. The van der Waals surface area contributed by atoms with Crippen LogP contribution in [0.5, 0.6) is 5.75 Å². The van der Waals surface area contributed by atoms with E-state index >= 15 is 0 Å². The van der Waals surface area contributed by atoms with Crippen molar-refractivity contribution >= 4 is 11.4 Å². The molecule has 0 unspecified atom stereocenters. The largest absolute Gasteiger partial charge is 0.495 e. The van der Waals surface area contributed by atoms with Gasteiger partial charge in [0, 0.05) is 12.1 Å². The van der Waals surface area contributed by atoms with Gasteiger partial charge in [-0.1, -0.05) is 0 Å². The smallest absolute Gasteiger partial charge is 0.287 e. The molecule has 1 aromatic rings. The molecule has 1 aromatic carbocycles. The van der Waals surface area contributed by atoms with Crippen molar-refractivity contribution in [2.45, 2.75) is 5.92 Å². The van der Waals surface area contributed by atoms with E-state index in [0.29, 0.717) is 0 Å². The van der Waals surface area contributed by atoms with E-state index in [0.717, 1.165) is 6.07 Å². The van der Waals surface area contributed by atoms with Crippen molar-refractivity contribution in [3.63, 3.8) is 0 Å². The molecule has 0 amide bonds. The molecule has 7 heteroatoms. The number of alkyl halides is 2. The molecule has 0 aliphatic rings. The first-order chi connectivity index (χ1) is 7.89. The Morgan fingerprint density at radius 3 is 2.65 bits per heavy atom. The topological polar surface area (TPSA) is 67.5 Å². The van der Waals surface area contributed by atoms with Gasteiger partial charge in [-0.25, -0.2) is 13.2 Å². The lowest BCUT2D eigenvalue weighted by Gasteiger charge is -2.16. The summed E-state index contributed by atoms with van der Waals surface area (Å²) in [6.45, 7) is -2.19. The quantitative estimate of drug-likeness (QED) is 0.692. The Bertz CT molecular complexity index is 399. The van der Waals surface area contributed by atoms with E-state index in [9.17, 15) is 13.2 Å². The van der Waals surface area contributed by atoms with Crippen LogP contribution in [-0.2, 0) is 0 Å². The molecule has 0 bridgehead atoms. The van der Waals surface area contributed by atoms with Gasteiger partial charge in [-0.3, -0.25) is 0 Å². The predicted molar refractivity (Wildman–Crippen MR) is 57.9 cm³/mol. The number of anilines is 2. The van der Waals surface area contributed by atoms with Gasteiger partial charge in [0.25, 0.3) is 5.92 Å². The normalized spacial score (nSPS) is 11.4. The van der Waals surface area contributed by atoms with Crippen LogP contribution >= 0.6 is 0 Å². The molecular formula is C10H13F3N2O2. The maximum atomic E-state index is 13.3. The lowest BCUT2D eigenvalue weighted by molar-refractivity contribution is -0.0373. The van der Waals surface area contributed by atoms with E-state index in [-0.39, 0.29) is 17.1 Å². The summed E-state index contributed by atoms with van der Waals surface area (Å²) < 4.78 is 43.7. The number of halogens is 3. The molecule has 0 aliphatic carbocycles. The standard InChI is InChI=1S/C10H13F3N2O2/c1-17-9-3-8(6(11)2-7(9)14)15-4-10(12,13)5-16/h2-3,15-16H,4-5,14H2,1H3. The Balaban J connectivity index is 2.84. The van der Waals surface area contributed by atoms with Gasteiger partial charge in [-0.05, 0) is 0 Å². The van der Waals surface area contributed by atoms with Crippen LogP contribution < -0.4 is 15.8 Å². The second-order valence-electron chi connectivity index (χ2n) is 3.44. The summed E-state index contributed by atoms with van der Waals surface area (Å²) in [4.78, 5) is 0. The van der Waals surface area contributed by atoms with E-state index in [4.69, 9.17) is 15.6 Å². The fourth-order valence-corrected chi connectivity index (χ4v) is 1.16. The number of aliphatic hydroxyl groups excluding tert-OH is 1. The van der Waals surface area contributed by atoms with Crippen LogP contribution in [-0.4, -0.2) is 31.3 Å². The Labute approximate surface area is 96.2 Å². The first kappa shape index (κ1) is 13.4. The van der Waals surface area contributed by atoms with Crippen molar-refractivity contribution in [1.82, 2.24) is 0 Å². The number of rotatable bonds is 5. The van der Waals surface area contributed by atoms with Crippen LogP contribution in [0.4, 0.5) is 24.5 Å². The van der Waals surface area contributed by atoms with Gasteiger partial charge in [0.15, 0.2) is 0 Å². The summed E-state index contributed by atoms with van der Waals surface area (Å²) in [5, 5.41) is 10.5. The van der Waals surface area contributed by atoms with Crippen LogP contribution in [0.25, 0.3) is 0 Å². The lowest BCUT2D eigenvalue weighted by atomic mass is 10.2. The third-order valence-corrected chi connectivity index (χ3v) is 2.09. The fraction of sp³-hybridized carbons (Fsp3) is 0.400. The highest BCUT2D eigenvalue weighted by Gasteiger charge is 2.27. The number of hydrogen-bond acceptors (Lipinski definition) is 4. The first-order valence-electron chi connectivity index (χ1n) is 4.75. The molecule has 4 N–H and O–H groups in total. The Morgan fingerprint density at radius 1 is 1.47 bits per heavy atom. The van der Waals surface area contributed by atoms with E-state index < -0.39 is 24.9 Å². The zero-order valence-corrected chi connectivity index (χ0v) is 9.14. The van der Waals surface area contributed by atoms with Gasteiger partial charge >= 0.3 is 0 Å². The number of nitrogens with two attached hydrogens (primary N) is 1. The molecule has 0 radical (unpaired) electrons. The number of methoxy groups -OCH3 is 1. The molecule has 4 nitrogen and oxygen atoms in total. The predicted octanol–water partition coefficient (Wildman–Crippen LogP) is 1.46. The molecule has 0 saturated heterocycles. The molecular weight excluding hydrogens is 237 g/mol. The molecule has 0 saturated carbocycles. The number of benzene rings is 1. The third-order valence-electron chi connectivity index (χ3n) is 2.09. The van der Waals surface area contributed by atoms with Crippen LogP contribution in [0.1, 0.15) is 0 Å². The highest BCUT2D eigenvalue weighted by molar-refractivity contribution is 5.62. The summed E-state index contributed by atoms with van der Waals surface area (Å²) in [5.74, 6) is -3.90. The number of nitrogens with one attached hydrogen (secondary N) is 1. The zero-order chi connectivity index (χ0) is 13.1. The minimum absolute atomic E-state index is 0.0736. The molecule has 0 aliphatic heterocycles. The monoisotopic (exact) mass is 250 g/mol. The molecule has 1 rings (SSSR count). The Kier molecular flexibility index (Phi) is 4.06. The van der Waals surface area contributed by atoms with Crippen molar-refractivity contribution < 1.29 is 23.0 Å². The van der Waals surface area contributed by atoms with Gasteiger partial charge in [-0.15, -0.1) is 0 Å². The number of nitrogen functional groups attached to an aromatic ring is 1. The minimum atomic E-state index is -3.32. The molecule has 17 heavy (non-hydrogen) atoms. The number of aliphatic hydroxyl groups is 1. The van der Waals surface area contributed by atoms with Gasteiger partial charge in [0.1, 0.15) is 18.2 Å². The van der Waals surface area contributed by atoms with E-state index in [2.05, 4.69) is 5.32 Å².